The molecule has 0 bridgehead atoms. The number of aliphatic imine (C=N–C) groups is 1. The lowest BCUT2D eigenvalue weighted by molar-refractivity contribution is -0.148. The molecule has 18 heteroatoms. The molecule has 2 aliphatic heterocycles. The summed E-state index contributed by atoms with van der Waals surface area (Å²) in [5, 5.41) is 3.77. The molecule has 0 aromatic heterocycles. The molecular formula is C32H50N6O12. The highest BCUT2D eigenvalue weighted by atomic mass is 16.8. The van der Waals surface area contributed by atoms with Gasteiger partial charge in [-0.3, -0.25) is 9.79 Å². The maximum atomic E-state index is 13.0. The Morgan fingerprint density at radius 1 is 1.08 bits per heavy atom. The molecule has 6 N–H and O–H groups in total. The van der Waals surface area contributed by atoms with Crippen molar-refractivity contribution in [3.63, 3.8) is 0 Å². The number of cyclic esters (lactones) is 2. The third-order valence-corrected chi connectivity index (χ3v) is 7.10. The van der Waals surface area contributed by atoms with Crippen molar-refractivity contribution >= 4 is 30.0 Å². The number of methoxy groups -OCH3 is 1. The van der Waals surface area contributed by atoms with Gasteiger partial charge in [0.2, 0.25) is 11.7 Å². The quantitative estimate of drug-likeness (QED) is 0.0264. The van der Waals surface area contributed by atoms with Crippen molar-refractivity contribution in [3.8, 4) is 12.3 Å². The standard InChI is InChI=1S/C32H50N6O12/c1-4-10-43-13-15-45-17-18-46-16-14-44-11-8-28(39)38(20-23(33)5-2)21-24(37-35)19-36-9-12-47-30(27-22-48-32(41)50-27)29-25(34)6-7-26(49-29)31(40)42-3/h1,5,7,19,25,27,29-30H,6,8-18,20-22,33-35H2,2-3H3/b23-5-,36-19?,37-24?/t25-,27-,29-,30-/m1/s1. The molecule has 0 aromatic carbocycles. The van der Waals surface area contributed by atoms with E-state index in [2.05, 4.69) is 16.0 Å². The van der Waals surface area contributed by atoms with Crippen molar-refractivity contribution in [3.05, 3.63) is 23.6 Å². The molecule has 1 fully saturated rings. The van der Waals surface area contributed by atoms with E-state index in [-0.39, 0.29) is 64.1 Å². The van der Waals surface area contributed by atoms with E-state index in [1.807, 2.05) is 0 Å². The van der Waals surface area contributed by atoms with E-state index in [1.54, 1.807) is 13.0 Å². The molecule has 1 saturated heterocycles. The van der Waals surface area contributed by atoms with Gasteiger partial charge < -0.3 is 64.8 Å². The van der Waals surface area contributed by atoms with Crippen LogP contribution in [0.1, 0.15) is 19.8 Å². The minimum absolute atomic E-state index is 0.0185. The van der Waals surface area contributed by atoms with Gasteiger partial charge in [-0.1, -0.05) is 12.0 Å². The van der Waals surface area contributed by atoms with Gasteiger partial charge in [0, 0.05) is 18.0 Å². The Bertz CT molecular complexity index is 1220. The van der Waals surface area contributed by atoms with Crippen LogP contribution in [-0.4, -0.2) is 152 Å². The Balaban J connectivity index is 1.82. The number of allylic oxidation sites excluding steroid dienone is 1. The smallest absolute Gasteiger partial charge is 0.479 e. The zero-order chi connectivity index (χ0) is 36.6. The van der Waals surface area contributed by atoms with Crippen LogP contribution >= 0.6 is 0 Å². The van der Waals surface area contributed by atoms with Crippen molar-refractivity contribution in [2.75, 3.05) is 92.8 Å². The van der Waals surface area contributed by atoms with Gasteiger partial charge in [0.15, 0.2) is 6.10 Å². The van der Waals surface area contributed by atoms with Gasteiger partial charge in [-0.25, -0.2) is 9.59 Å². The van der Waals surface area contributed by atoms with E-state index in [1.165, 1.54) is 24.3 Å². The Kier molecular flexibility index (Phi) is 20.8. The van der Waals surface area contributed by atoms with Gasteiger partial charge >= 0.3 is 12.1 Å². The third kappa shape index (κ3) is 16.0. The first kappa shape index (κ1) is 41.9. The number of rotatable bonds is 25. The van der Waals surface area contributed by atoms with Crippen LogP contribution < -0.4 is 17.3 Å². The van der Waals surface area contributed by atoms with Crippen molar-refractivity contribution < 1.29 is 57.0 Å². The Hall–Kier alpha value is -4.25. The van der Waals surface area contributed by atoms with E-state index in [4.69, 9.17) is 66.4 Å². The summed E-state index contributed by atoms with van der Waals surface area (Å²) in [5.41, 5.74) is 13.1. The first-order chi connectivity index (χ1) is 24.2. The van der Waals surface area contributed by atoms with Gasteiger partial charge in [0.1, 0.15) is 25.4 Å². The van der Waals surface area contributed by atoms with E-state index in [9.17, 15) is 14.4 Å². The summed E-state index contributed by atoms with van der Waals surface area (Å²) in [6, 6.07) is -0.569. The first-order valence-corrected chi connectivity index (χ1v) is 16.1. The molecule has 280 valence electrons. The summed E-state index contributed by atoms with van der Waals surface area (Å²) in [4.78, 5) is 42.6. The van der Waals surface area contributed by atoms with Crippen LogP contribution in [0.3, 0.4) is 0 Å². The van der Waals surface area contributed by atoms with Gasteiger partial charge in [-0.15, -0.1) is 6.42 Å². The van der Waals surface area contributed by atoms with Crippen LogP contribution in [0.4, 0.5) is 4.79 Å². The van der Waals surface area contributed by atoms with Crippen LogP contribution in [0.5, 0.6) is 0 Å². The fourth-order valence-electron chi connectivity index (χ4n) is 4.49. The van der Waals surface area contributed by atoms with Crippen molar-refractivity contribution in [1.82, 2.24) is 4.90 Å². The number of carbonyl (C=O) groups is 3. The van der Waals surface area contributed by atoms with Crippen LogP contribution in [0, 0.1) is 12.3 Å². The van der Waals surface area contributed by atoms with Gasteiger partial charge in [-0.2, -0.15) is 5.10 Å². The predicted molar refractivity (Wildman–Crippen MR) is 180 cm³/mol. The molecule has 0 radical (unpaired) electrons. The third-order valence-electron chi connectivity index (χ3n) is 7.10. The number of esters is 1. The molecule has 0 unspecified atom stereocenters. The fourth-order valence-corrected chi connectivity index (χ4v) is 4.49. The number of ether oxygens (including phenoxy) is 9. The highest BCUT2D eigenvalue weighted by Gasteiger charge is 2.44. The van der Waals surface area contributed by atoms with Crippen molar-refractivity contribution in [2.45, 2.75) is 44.1 Å². The minimum Gasteiger partial charge on any atom is -0.479 e. The second-order valence-corrected chi connectivity index (χ2v) is 10.7. The SMILES string of the molecule is C#CCOCCOCCOCCOCCC(=O)N(CC(C=NCCO[C@@H]([C@@H]1OC(C(=O)OC)=CC[C@H]1N)[C@H]1COC(=O)O1)=NN)C/C(N)=C/C. The van der Waals surface area contributed by atoms with E-state index >= 15 is 0 Å². The maximum Gasteiger partial charge on any atom is 0.508 e. The number of hydrogen-bond acceptors (Lipinski definition) is 17. The molecule has 0 spiro atoms. The maximum absolute atomic E-state index is 13.0. The highest BCUT2D eigenvalue weighted by Crippen LogP contribution is 2.26. The lowest BCUT2D eigenvalue weighted by Gasteiger charge is -2.35. The van der Waals surface area contributed by atoms with Gasteiger partial charge in [-0.05, 0) is 19.4 Å². The normalized spacial score (nSPS) is 20.0. The zero-order valence-corrected chi connectivity index (χ0v) is 28.7. The van der Waals surface area contributed by atoms with Gasteiger partial charge in [0.05, 0.1) is 91.7 Å². The minimum atomic E-state index is -0.877. The number of carbonyl (C=O) groups excluding carboxylic acids is 3. The van der Waals surface area contributed by atoms with Crippen LogP contribution in [0.15, 0.2) is 33.7 Å². The Labute approximate surface area is 292 Å². The number of nitrogens with two attached hydrogens (primary N) is 3. The predicted octanol–water partition coefficient (Wildman–Crippen LogP) is -0.754. The molecule has 2 rings (SSSR count). The number of amides is 1. The molecule has 1 amide bonds. The molecule has 0 saturated carbocycles. The number of nitrogens with zero attached hydrogens (tertiary/aromatic N) is 3. The summed E-state index contributed by atoms with van der Waals surface area (Å²) in [6.45, 7) is 4.77. The molecule has 0 aromatic rings. The van der Waals surface area contributed by atoms with Crippen molar-refractivity contribution in [1.29, 1.82) is 0 Å². The summed E-state index contributed by atoms with van der Waals surface area (Å²) in [7, 11) is 1.23. The number of hydrazone groups is 1. The van der Waals surface area contributed by atoms with E-state index < -0.39 is 36.5 Å². The second-order valence-electron chi connectivity index (χ2n) is 10.7. The van der Waals surface area contributed by atoms with Gasteiger partial charge in [0.25, 0.3) is 0 Å². The lowest BCUT2D eigenvalue weighted by atomic mass is 9.96. The molecule has 2 aliphatic rings. The van der Waals surface area contributed by atoms with E-state index in [0.717, 1.165) is 0 Å². The average Bonchev–Trinajstić information content (AvgIpc) is 3.56. The van der Waals surface area contributed by atoms with Crippen molar-refractivity contribution in [2.24, 2.45) is 27.4 Å². The monoisotopic (exact) mass is 710 g/mol. The second kappa shape index (κ2) is 24.8. The first-order valence-electron chi connectivity index (χ1n) is 16.1. The molecular weight excluding hydrogens is 660 g/mol. The van der Waals surface area contributed by atoms with Crippen LogP contribution in [0.2, 0.25) is 0 Å². The highest BCUT2D eigenvalue weighted by molar-refractivity contribution is 6.31. The van der Waals surface area contributed by atoms with Crippen LogP contribution in [-0.2, 0) is 52.2 Å². The van der Waals surface area contributed by atoms with E-state index in [0.29, 0.717) is 57.5 Å². The summed E-state index contributed by atoms with van der Waals surface area (Å²) >= 11 is 0. The zero-order valence-electron chi connectivity index (χ0n) is 28.7. The molecule has 50 heavy (non-hydrogen) atoms. The number of hydrogen-bond donors (Lipinski definition) is 3. The number of terminal acetylenes is 1. The molecule has 4 atom stereocenters. The summed E-state index contributed by atoms with van der Waals surface area (Å²) in [6.07, 6.45) is 6.74. The largest absolute Gasteiger partial charge is 0.508 e. The molecule has 0 aliphatic carbocycles. The topological polar surface area (TPSA) is 240 Å². The average molecular weight is 711 g/mol. The molecule has 18 nitrogen and oxygen atoms in total. The van der Waals surface area contributed by atoms with Crippen LogP contribution in [0.25, 0.3) is 0 Å². The lowest BCUT2D eigenvalue weighted by Crippen LogP contribution is -2.53. The molecule has 2 heterocycles. The summed E-state index contributed by atoms with van der Waals surface area (Å²) < 4.78 is 48.2. The Morgan fingerprint density at radius 2 is 1.76 bits per heavy atom. The summed E-state index contributed by atoms with van der Waals surface area (Å²) in [5.74, 6) is 7.08. The fraction of sp³-hybridized carbons (Fsp3) is 0.656. The Morgan fingerprint density at radius 3 is 2.36 bits per heavy atom.